The normalized spacial score (nSPS) is 31.1. The van der Waals surface area contributed by atoms with Crippen molar-refractivity contribution in [3.63, 3.8) is 0 Å². The molecule has 3 atom stereocenters. The standard InChI is InChI=1S/C13H19N/c1-3-11-12(9-13(11)14-2)10-7-5-4-6-8-10/h4-8,11-14H,3,9H2,1-2H3. The van der Waals surface area contributed by atoms with Crippen molar-refractivity contribution in [2.75, 3.05) is 7.05 Å². The second kappa shape index (κ2) is 4.14. The maximum absolute atomic E-state index is 3.40. The van der Waals surface area contributed by atoms with Gasteiger partial charge in [-0.1, -0.05) is 43.7 Å². The van der Waals surface area contributed by atoms with E-state index in [9.17, 15) is 0 Å². The summed E-state index contributed by atoms with van der Waals surface area (Å²) in [7, 11) is 2.08. The summed E-state index contributed by atoms with van der Waals surface area (Å²) >= 11 is 0. The molecule has 0 amide bonds. The molecular weight excluding hydrogens is 170 g/mol. The van der Waals surface area contributed by atoms with Crippen molar-refractivity contribution in [3.8, 4) is 0 Å². The van der Waals surface area contributed by atoms with Crippen LogP contribution in [0, 0.1) is 5.92 Å². The van der Waals surface area contributed by atoms with Crippen molar-refractivity contribution < 1.29 is 0 Å². The van der Waals surface area contributed by atoms with Gasteiger partial charge < -0.3 is 5.32 Å². The highest BCUT2D eigenvalue weighted by atomic mass is 14.9. The van der Waals surface area contributed by atoms with Crippen molar-refractivity contribution in [1.29, 1.82) is 0 Å². The van der Waals surface area contributed by atoms with E-state index in [1.54, 1.807) is 0 Å². The first kappa shape index (κ1) is 9.72. The minimum absolute atomic E-state index is 0.741. The molecule has 3 unspecified atom stereocenters. The summed E-state index contributed by atoms with van der Waals surface area (Å²) < 4.78 is 0. The van der Waals surface area contributed by atoms with Gasteiger partial charge in [0.25, 0.3) is 0 Å². The van der Waals surface area contributed by atoms with E-state index in [2.05, 4.69) is 49.6 Å². The van der Waals surface area contributed by atoms with Crippen LogP contribution in [0.5, 0.6) is 0 Å². The summed E-state index contributed by atoms with van der Waals surface area (Å²) in [4.78, 5) is 0. The summed E-state index contributed by atoms with van der Waals surface area (Å²) in [5, 5.41) is 3.40. The average molecular weight is 189 g/mol. The molecule has 1 aromatic rings. The third-order valence-corrected chi connectivity index (χ3v) is 3.61. The van der Waals surface area contributed by atoms with Crippen LogP contribution in [0.15, 0.2) is 30.3 Å². The Morgan fingerprint density at radius 3 is 2.57 bits per heavy atom. The molecule has 0 bridgehead atoms. The second-order valence-corrected chi connectivity index (χ2v) is 4.22. The molecule has 1 nitrogen and oxygen atoms in total. The molecule has 0 saturated heterocycles. The summed E-state index contributed by atoms with van der Waals surface area (Å²) in [5.74, 6) is 1.63. The Morgan fingerprint density at radius 2 is 2.00 bits per heavy atom. The van der Waals surface area contributed by atoms with Gasteiger partial charge in [0.2, 0.25) is 0 Å². The lowest BCUT2D eigenvalue weighted by molar-refractivity contribution is 0.169. The van der Waals surface area contributed by atoms with Gasteiger partial charge in [-0.2, -0.15) is 0 Å². The van der Waals surface area contributed by atoms with Crippen molar-refractivity contribution in [2.45, 2.75) is 31.7 Å². The fourth-order valence-corrected chi connectivity index (χ4v) is 2.69. The number of hydrogen-bond acceptors (Lipinski definition) is 1. The van der Waals surface area contributed by atoms with E-state index in [0.29, 0.717) is 0 Å². The van der Waals surface area contributed by atoms with Gasteiger partial charge in [-0.05, 0) is 30.9 Å². The van der Waals surface area contributed by atoms with E-state index in [-0.39, 0.29) is 0 Å². The van der Waals surface area contributed by atoms with Gasteiger partial charge in [-0.15, -0.1) is 0 Å². The molecule has 14 heavy (non-hydrogen) atoms. The molecule has 1 aromatic carbocycles. The van der Waals surface area contributed by atoms with Gasteiger partial charge >= 0.3 is 0 Å². The largest absolute Gasteiger partial charge is 0.317 e. The Bertz CT molecular complexity index is 281. The van der Waals surface area contributed by atoms with Gasteiger partial charge in [0.05, 0.1) is 0 Å². The van der Waals surface area contributed by atoms with Crippen LogP contribution in [-0.2, 0) is 0 Å². The molecule has 0 aliphatic heterocycles. The van der Waals surface area contributed by atoms with E-state index in [1.165, 1.54) is 18.4 Å². The van der Waals surface area contributed by atoms with Crippen LogP contribution in [0.2, 0.25) is 0 Å². The zero-order chi connectivity index (χ0) is 9.97. The number of rotatable bonds is 3. The Balaban J connectivity index is 2.08. The second-order valence-electron chi connectivity index (χ2n) is 4.22. The molecule has 0 aromatic heterocycles. The summed E-state index contributed by atoms with van der Waals surface area (Å²) in [6, 6.07) is 11.7. The fraction of sp³-hybridized carbons (Fsp3) is 0.538. The van der Waals surface area contributed by atoms with Crippen LogP contribution in [0.1, 0.15) is 31.2 Å². The van der Waals surface area contributed by atoms with Crippen molar-refractivity contribution in [2.24, 2.45) is 5.92 Å². The smallest absolute Gasteiger partial charge is 0.0104 e. The quantitative estimate of drug-likeness (QED) is 0.771. The number of hydrogen-bond donors (Lipinski definition) is 1. The fourth-order valence-electron chi connectivity index (χ4n) is 2.69. The van der Waals surface area contributed by atoms with Gasteiger partial charge in [0.1, 0.15) is 0 Å². The first-order valence-corrected chi connectivity index (χ1v) is 5.59. The Hall–Kier alpha value is -0.820. The molecule has 1 N–H and O–H groups in total. The predicted molar refractivity (Wildman–Crippen MR) is 60.4 cm³/mol. The van der Waals surface area contributed by atoms with Gasteiger partial charge in [0.15, 0.2) is 0 Å². The molecule has 2 rings (SSSR count). The predicted octanol–water partition coefficient (Wildman–Crippen LogP) is 2.79. The molecule has 1 aliphatic rings. The Labute approximate surface area is 86.5 Å². The SMILES string of the molecule is CCC1C(NC)CC1c1ccccc1. The number of benzene rings is 1. The van der Waals surface area contributed by atoms with Crippen LogP contribution < -0.4 is 5.32 Å². The van der Waals surface area contributed by atoms with Crippen molar-refractivity contribution in [3.05, 3.63) is 35.9 Å². The van der Waals surface area contributed by atoms with Crippen LogP contribution >= 0.6 is 0 Å². The highest BCUT2D eigenvalue weighted by Crippen LogP contribution is 2.44. The molecular formula is C13H19N. The van der Waals surface area contributed by atoms with Crippen LogP contribution in [0.25, 0.3) is 0 Å². The lowest BCUT2D eigenvalue weighted by atomic mass is 9.65. The molecule has 1 fully saturated rings. The van der Waals surface area contributed by atoms with Gasteiger partial charge in [-0.3, -0.25) is 0 Å². The Morgan fingerprint density at radius 1 is 1.29 bits per heavy atom. The first-order chi connectivity index (χ1) is 6.86. The average Bonchev–Trinajstić information content (AvgIpc) is 2.19. The monoisotopic (exact) mass is 189 g/mol. The number of nitrogens with one attached hydrogen (secondary N) is 1. The van der Waals surface area contributed by atoms with Crippen LogP contribution in [0.3, 0.4) is 0 Å². The lowest BCUT2D eigenvalue weighted by Crippen LogP contribution is -2.47. The highest BCUT2D eigenvalue weighted by Gasteiger charge is 2.39. The maximum atomic E-state index is 3.40. The van der Waals surface area contributed by atoms with E-state index < -0.39 is 0 Å². The molecule has 1 saturated carbocycles. The molecule has 76 valence electrons. The van der Waals surface area contributed by atoms with Crippen LogP contribution in [-0.4, -0.2) is 13.1 Å². The third kappa shape index (κ3) is 1.57. The van der Waals surface area contributed by atoms with Gasteiger partial charge in [-0.25, -0.2) is 0 Å². The maximum Gasteiger partial charge on any atom is 0.0104 e. The van der Waals surface area contributed by atoms with E-state index in [1.807, 2.05) is 0 Å². The van der Waals surface area contributed by atoms with Gasteiger partial charge in [0, 0.05) is 6.04 Å². The molecule has 1 aliphatic carbocycles. The third-order valence-electron chi connectivity index (χ3n) is 3.61. The minimum Gasteiger partial charge on any atom is -0.317 e. The highest BCUT2D eigenvalue weighted by molar-refractivity contribution is 5.24. The summed E-state index contributed by atoms with van der Waals surface area (Å²) in [6.07, 6.45) is 2.59. The lowest BCUT2D eigenvalue weighted by Gasteiger charge is -2.45. The molecule has 0 radical (unpaired) electrons. The van der Waals surface area contributed by atoms with E-state index in [0.717, 1.165) is 17.9 Å². The zero-order valence-electron chi connectivity index (χ0n) is 9.03. The summed E-state index contributed by atoms with van der Waals surface area (Å²) in [6.45, 7) is 2.30. The van der Waals surface area contributed by atoms with Crippen LogP contribution in [0.4, 0.5) is 0 Å². The molecule has 0 heterocycles. The molecule has 1 heteroatoms. The van der Waals surface area contributed by atoms with E-state index >= 15 is 0 Å². The van der Waals surface area contributed by atoms with Crippen molar-refractivity contribution >= 4 is 0 Å². The molecule has 0 spiro atoms. The zero-order valence-corrected chi connectivity index (χ0v) is 9.03. The summed E-state index contributed by atoms with van der Waals surface area (Å²) in [5.41, 5.74) is 1.52. The van der Waals surface area contributed by atoms with Crippen molar-refractivity contribution in [1.82, 2.24) is 5.32 Å². The Kier molecular flexibility index (Phi) is 2.87. The topological polar surface area (TPSA) is 12.0 Å². The first-order valence-electron chi connectivity index (χ1n) is 5.59. The van der Waals surface area contributed by atoms with E-state index in [4.69, 9.17) is 0 Å². The minimum atomic E-state index is 0.741.